The van der Waals surface area contributed by atoms with Crippen molar-refractivity contribution in [3.8, 4) is 39.6 Å². The Labute approximate surface area is 306 Å². The lowest BCUT2D eigenvalue weighted by Gasteiger charge is -2.15. The van der Waals surface area contributed by atoms with Gasteiger partial charge in [0.05, 0.1) is 33.3 Å². The highest BCUT2D eigenvalue weighted by atomic mass is 15.1. The molecule has 0 atom stereocenters. The standard InChI is InChI=1S/C49H32N4/c1-5-15-33(16-6-1)36-30-43(34-17-7-2-8-18-34)50-47(31-36)53-46-32-45-35(27-28-51(45)37-19-9-3-10-20-37)29-42(46)41-26-25-40-39-23-13-14-24-44(39)52(48(40)49(41)53)38-21-11-4-12-22-38/h1-32H. The van der Waals surface area contributed by atoms with E-state index in [1.165, 1.54) is 32.4 Å². The number of aromatic nitrogens is 4. The molecule has 4 aromatic heterocycles. The first kappa shape index (κ1) is 29.5. The van der Waals surface area contributed by atoms with Crippen LogP contribution in [-0.4, -0.2) is 18.7 Å². The minimum absolute atomic E-state index is 0.875. The highest BCUT2D eigenvalue weighted by Gasteiger charge is 2.23. The minimum Gasteiger partial charge on any atom is -0.316 e. The number of para-hydroxylation sites is 3. The molecule has 11 rings (SSSR count). The number of hydrogen-bond donors (Lipinski definition) is 0. The van der Waals surface area contributed by atoms with Crippen LogP contribution in [0.2, 0.25) is 0 Å². The normalized spacial score (nSPS) is 11.8. The van der Waals surface area contributed by atoms with Crippen molar-refractivity contribution in [2.45, 2.75) is 0 Å². The molecule has 4 heteroatoms. The lowest BCUT2D eigenvalue weighted by molar-refractivity contribution is 1.08. The predicted molar refractivity (Wildman–Crippen MR) is 221 cm³/mol. The van der Waals surface area contributed by atoms with E-state index in [1.54, 1.807) is 0 Å². The number of rotatable bonds is 5. The molecule has 0 bridgehead atoms. The van der Waals surface area contributed by atoms with Crippen LogP contribution in [0.1, 0.15) is 0 Å². The fourth-order valence-corrected chi connectivity index (χ4v) is 8.26. The van der Waals surface area contributed by atoms with Crippen molar-refractivity contribution in [3.63, 3.8) is 0 Å². The van der Waals surface area contributed by atoms with Crippen molar-refractivity contribution in [2.24, 2.45) is 0 Å². The molecule has 0 N–H and O–H groups in total. The molecule has 0 aliphatic rings. The van der Waals surface area contributed by atoms with E-state index in [2.05, 4.69) is 208 Å². The second-order valence-electron chi connectivity index (χ2n) is 13.7. The van der Waals surface area contributed by atoms with Gasteiger partial charge in [-0.1, -0.05) is 127 Å². The monoisotopic (exact) mass is 676 g/mol. The molecule has 0 amide bonds. The molecule has 7 aromatic carbocycles. The van der Waals surface area contributed by atoms with E-state index >= 15 is 0 Å². The third-order valence-corrected chi connectivity index (χ3v) is 10.6. The zero-order valence-electron chi connectivity index (χ0n) is 28.8. The first-order chi connectivity index (χ1) is 26.3. The van der Waals surface area contributed by atoms with Gasteiger partial charge in [-0.05, 0) is 71.8 Å². The predicted octanol–water partition coefficient (Wildman–Crippen LogP) is 12.6. The largest absolute Gasteiger partial charge is 0.316 e. The summed E-state index contributed by atoms with van der Waals surface area (Å²) < 4.78 is 7.15. The molecular weight excluding hydrogens is 645 g/mol. The molecule has 4 nitrogen and oxygen atoms in total. The molecule has 248 valence electrons. The second kappa shape index (κ2) is 11.7. The average molecular weight is 677 g/mol. The molecule has 0 unspecified atom stereocenters. The van der Waals surface area contributed by atoms with Crippen LogP contribution in [0.4, 0.5) is 0 Å². The molecule has 53 heavy (non-hydrogen) atoms. The van der Waals surface area contributed by atoms with E-state index in [4.69, 9.17) is 4.98 Å². The number of benzene rings is 7. The topological polar surface area (TPSA) is 27.7 Å². The minimum atomic E-state index is 0.875. The van der Waals surface area contributed by atoms with E-state index in [-0.39, 0.29) is 0 Å². The third kappa shape index (κ3) is 4.59. The quantitative estimate of drug-likeness (QED) is 0.178. The Morgan fingerprint density at radius 1 is 0.358 bits per heavy atom. The van der Waals surface area contributed by atoms with Gasteiger partial charge in [-0.25, -0.2) is 4.98 Å². The van der Waals surface area contributed by atoms with Gasteiger partial charge < -0.3 is 9.13 Å². The number of pyridine rings is 1. The van der Waals surface area contributed by atoms with E-state index in [0.717, 1.165) is 61.6 Å². The van der Waals surface area contributed by atoms with Gasteiger partial charge in [0.2, 0.25) is 0 Å². The maximum absolute atomic E-state index is 5.53. The maximum atomic E-state index is 5.53. The zero-order chi connectivity index (χ0) is 34.9. The molecule has 4 heterocycles. The molecule has 0 radical (unpaired) electrons. The third-order valence-electron chi connectivity index (χ3n) is 10.6. The first-order valence-corrected chi connectivity index (χ1v) is 18.1. The smallest absolute Gasteiger partial charge is 0.138 e. The Balaban J connectivity index is 1.34. The summed E-state index contributed by atoms with van der Waals surface area (Å²) in [5.74, 6) is 0.875. The SMILES string of the molecule is c1ccc(-c2cc(-c3ccccc3)nc(-n3c4cc5c(ccn5-c5ccccc5)cc4c4ccc5c6ccccc6n(-c6ccccc6)c5c43)c2)cc1. The van der Waals surface area contributed by atoms with Crippen molar-refractivity contribution in [1.29, 1.82) is 0 Å². The highest BCUT2D eigenvalue weighted by molar-refractivity contribution is 6.25. The molecule has 0 saturated heterocycles. The van der Waals surface area contributed by atoms with Gasteiger partial charge in [-0.3, -0.25) is 4.57 Å². The van der Waals surface area contributed by atoms with Crippen molar-refractivity contribution in [3.05, 3.63) is 194 Å². The van der Waals surface area contributed by atoms with Gasteiger partial charge in [0.25, 0.3) is 0 Å². The Kier molecular flexibility index (Phi) is 6.52. The fraction of sp³-hybridized carbons (Fsp3) is 0. The van der Waals surface area contributed by atoms with Crippen LogP contribution in [0, 0.1) is 0 Å². The maximum Gasteiger partial charge on any atom is 0.138 e. The van der Waals surface area contributed by atoms with Crippen molar-refractivity contribution in [2.75, 3.05) is 0 Å². The van der Waals surface area contributed by atoms with Gasteiger partial charge >= 0.3 is 0 Å². The van der Waals surface area contributed by atoms with E-state index < -0.39 is 0 Å². The van der Waals surface area contributed by atoms with Gasteiger partial charge in [-0.15, -0.1) is 0 Å². The molecule has 0 aliphatic heterocycles. The molecule has 11 aromatic rings. The Hall–Kier alpha value is -7.17. The summed E-state index contributed by atoms with van der Waals surface area (Å²) in [6.07, 6.45) is 2.18. The second-order valence-corrected chi connectivity index (χ2v) is 13.7. The summed E-state index contributed by atoms with van der Waals surface area (Å²) in [7, 11) is 0. The molecule has 0 spiro atoms. The van der Waals surface area contributed by atoms with E-state index in [0.29, 0.717) is 0 Å². The molecule has 0 aliphatic carbocycles. The van der Waals surface area contributed by atoms with E-state index in [9.17, 15) is 0 Å². The Morgan fingerprint density at radius 3 is 1.70 bits per heavy atom. The average Bonchev–Trinajstić information content (AvgIpc) is 3.91. The molecule has 0 fully saturated rings. The summed E-state index contributed by atoms with van der Waals surface area (Å²) >= 11 is 0. The number of nitrogens with zero attached hydrogens (tertiary/aromatic N) is 4. The van der Waals surface area contributed by atoms with Gasteiger partial charge in [0.15, 0.2) is 0 Å². The fourth-order valence-electron chi connectivity index (χ4n) is 8.26. The summed E-state index contributed by atoms with van der Waals surface area (Å²) in [6, 6.07) is 67.3. The molecule has 0 saturated carbocycles. The lowest BCUT2D eigenvalue weighted by atomic mass is 10.0. The lowest BCUT2D eigenvalue weighted by Crippen LogP contribution is -2.02. The van der Waals surface area contributed by atoms with E-state index in [1.807, 2.05) is 0 Å². The Morgan fingerprint density at radius 2 is 0.962 bits per heavy atom. The van der Waals surface area contributed by atoms with Crippen LogP contribution in [0.5, 0.6) is 0 Å². The summed E-state index contributed by atoms with van der Waals surface area (Å²) in [6.45, 7) is 0. The van der Waals surface area contributed by atoms with Crippen LogP contribution in [0.25, 0.3) is 94.1 Å². The molecular formula is C49H32N4. The number of hydrogen-bond acceptors (Lipinski definition) is 1. The van der Waals surface area contributed by atoms with Crippen LogP contribution < -0.4 is 0 Å². The van der Waals surface area contributed by atoms with Gasteiger partial charge in [-0.2, -0.15) is 0 Å². The highest BCUT2D eigenvalue weighted by Crippen LogP contribution is 2.43. The summed E-state index contributed by atoms with van der Waals surface area (Å²) in [4.78, 5) is 5.53. The summed E-state index contributed by atoms with van der Waals surface area (Å²) in [5.41, 5.74) is 12.3. The first-order valence-electron chi connectivity index (χ1n) is 18.1. The van der Waals surface area contributed by atoms with Crippen LogP contribution in [0.3, 0.4) is 0 Å². The van der Waals surface area contributed by atoms with Crippen LogP contribution in [0.15, 0.2) is 194 Å². The van der Waals surface area contributed by atoms with Crippen molar-refractivity contribution in [1.82, 2.24) is 18.7 Å². The Bertz CT molecular complexity index is 3080. The summed E-state index contributed by atoms with van der Waals surface area (Å²) in [5, 5.41) is 6.01. The van der Waals surface area contributed by atoms with Gasteiger partial charge in [0.1, 0.15) is 5.82 Å². The van der Waals surface area contributed by atoms with Gasteiger partial charge in [0, 0.05) is 50.1 Å². The van der Waals surface area contributed by atoms with Crippen molar-refractivity contribution >= 4 is 54.5 Å². The van der Waals surface area contributed by atoms with Crippen molar-refractivity contribution < 1.29 is 0 Å². The van der Waals surface area contributed by atoms with Crippen LogP contribution >= 0.6 is 0 Å². The van der Waals surface area contributed by atoms with Crippen LogP contribution in [-0.2, 0) is 0 Å². The zero-order valence-corrected chi connectivity index (χ0v) is 28.8. The number of fused-ring (bicyclic) bond motifs is 8.